The molecule has 4 rings (SSSR count). The maximum atomic E-state index is 13.0. The first kappa shape index (κ1) is 20.2. The average molecular weight is 418 g/mol. The highest BCUT2D eigenvalue weighted by molar-refractivity contribution is 6.05. The van der Waals surface area contributed by atoms with Crippen molar-refractivity contribution in [3.63, 3.8) is 0 Å². The van der Waals surface area contributed by atoms with Crippen LogP contribution in [0.3, 0.4) is 0 Å². The van der Waals surface area contributed by atoms with Crippen LogP contribution in [0.2, 0.25) is 0 Å². The number of rotatable bonds is 6. The molecule has 2 aromatic heterocycles. The zero-order valence-corrected chi connectivity index (χ0v) is 17.2. The molecule has 0 bridgehead atoms. The molecular formula is C23H22N4O4. The Kier molecular flexibility index (Phi) is 5.44. The van der Waals surface area contributed by atoms with Gasteiger partial charge in [-0.15, -0.1) is 0 Å². The van der Waals surface area contributed by atoms with Gasteiger partial charge in [-0.3, -0.25) is 9.59 Å². The molecule has 8 heteroatoms. The molecule has 0 spiro atoms. The highest BCUT2D eigenvalue weighted by Gasteiger charge is 2.19. The van der Waals surface area contributed by atoms with Gasteiger partial charge < -0.3 is 19.6 Å². The monoisotopic (exact) mass is 418 g/mol. The summed E-state index contributed by atoms with van der Waals surface area (Å²) in [5.74, 6) is 0.417. The highest BCUT2D eigenvalue weighted by Crippen LogP contribution is 2.15. The van der Waals surface area contributed by atoms with Crippen molar-refractivity contribution in [2.24, 2.45) is 7.05 Å². The second-order valence-corrected chi connectivity index (χ2v) is 7.14. The number of fused-ring (bicyclic) bond motifs is 1. The first-order chi connectivity index (χ1) is 15.0. The summed E-state index contributed by atoms with van der Waals surface area (Å²) in [6.07, 6.45) is 2.19. The fourth-order valence-corrected chi connectivity index (χ4v) is 3.56. The molecule has 2 N–H and O–H groups in total. The summed E-state index contributed by atoms with van der Waals surface area (Å²) in [4.78, 5) is 41.1. The third-order valence-electron chi connectivity index (χ3n) is 5.14. The molecule has 158 valence electrons. The van der Waals surface area contributed by atoms with E-state index in [2.05, 4.69) is 10.3 Å². The number of nitrogens with zero attached hydrogens (tertiary/aromatic N) is 2. The Morgan fingerprint density at radius 3 is 2.45 bits per heavy atom. The number of methoxy groups -OCH3 is 1. The predicted octanol–water partition coefficient (Wildman–Crippen LogP) is 2.00. The SMILES string of the molecule is COc1ccc(CCNC(=O)c2cn(C)c3c(=O)n(-c4ccccc4)c(=O)[nH]c23)cc1. The first-order valence-electron chi connectivity index (χ1n) is 9.80. The Morgan fingerprint density at radius 2 is 1.77 bits per heavy atom. The van der Waals surface area contributed by atoms with Crippen molar-refractivity contribution in [3.8, 4) is 11.4 Å². The topological polar surface area (TPSA) is 98.1 Å². The third-order valence-corrected chi connectivity index (χ3v) is 5.14. The van der Waals surface area contributed by atoms with Crippen molar-refractivity contribution in [3.05, 3.63) is 92.8 Å². The number of aromatic nitrogens is 3. The molecule has 2 aromatic carbocycles. The van der Waals surface area contributed by atoms with Crippen LogP contribution in [0.1, 0.15) is 15.9 Å². The minimum atomic E-state index is -0.595. The number of carbonyl (C=O) groups excluding carboxylic acids is 1. The van der Waals surface area contributed by atoms with E-state index >= 15 is 0 Å². The van der Waals surface area contributed by atoms with E-state index in [9.17, 15) is 14.4 Å². The first-order valence-corrected chi connectivity index (χ1v) is 9.80. The van der Waals surface area contributed by atoms with Gasteiger partial charge in [0.15, 0.2) is 0 Å². The lowest BCUT2D eigenvalue weighted by molar-refractivity contribution is 0.0955. The van der Waals surface area contributed by atoms with Gasteiger partial charge in [-0.2, -0.15) is 0 Å². The third kappa shape index (κ3) is 3.87. The van der Waals surface area contributed by atoms with Crippen molar-refractivity contribution >= 4 is 16.9 Å². The Labute approximate surface area is 177 Å². The zero-order chi connectivity index (χ0) is 22.0. The summed E-state index contributed by atoms with van der Waals surface area (Å²) in [5, 5.41) is 2.85. The quantitative estimate of drug-likeness (QED) is 0.500. The van der Waals surface area contributed by atoms with Gasteiger partial charge in [0.05, 0.1) is 23.9 Å². The van der Waals surface area contributed by atoms with Crippen LogP contribution in [0.25, 0.3) is 16.7 Å². The smallest absolute Gasteiger partial charge is 0.333 e. The Hall–Kier alpha value is -4.07. The Bertz CT molecular complexity index is 1350. The van der Waals surface area contributed by atoms with E-state index in [0.717, 1.165) is 15.9 Å². The minimum Gasteiger partial charge on any atom is -0.497 e. The van der Waals surface area contributed by atoms with E-state index in [4.69, 9.17) is 4.74 Å². The number of para-hydroxylation sites is 1. The number of ether oxygens (including phenoxy) is 1. The number of carbonyl (C=O) groups is 1. The number of nitrogens with one attached hydrogen (secondary N) is 2. The summed E-state index contributed by atoms with van der Waals surface area (Å²) < 4.78 is 7.76. The molecule has 0 aliphatic carbocycles. The van der Waals surface area contributed by atoms with Crippen LogP contribution in [-0.4, -0.2) is 33.7 Å². The summed E-state index contributed by atoms with van der Waals surface area (Å²) in [7, 11) is 3.28. The molecule has 0 fully saturated rings. The van der Waals surface area contributed by atoms with Crippen LogP contribution < -0.4 is 21.3 Å². The van der Waals surface area contributed by atoms with Crippen molar-refractivity contribution in [1.29, 1.82) is 0 Å². The van der Waals surface area contributed by atoms with Crippen molar-refractivity contribution in [1.82, 2.24) is 19.4 Å². The number of hydrogen-bond donors (Lipinski definition) is 2. The van der Waals surface area contributed by atoms with Gasteiger partial charge in [-0.25, -0.2) is 9.36 Å². The maximum absolute atomic E-state index is 13.0. The largest absolute Gasteiger partial charge is 0.497 e. The molecule has 31 heavy (non-hydrogen) atoms. The number of aryl methyl sites for hydroxylation is 1. The number of benzene rings is 2. The molecule has 8 nitrogen and oxygen atoms in total. The number of amides is 1. The number of H-pyrrole nitrogens is 1. The molecule has 4 aromatic rings. The number of aromatic amines is 1. The molecule has 0 saturated carbocycles. The van der Waals surface area contributed by atoms with E-state index < -0.39 is 11.2 Å². The highest BCUT2D eigenvalue weighted by atomic mass is 16.5. The van der Waals surface area contributed by atoms with Crippen LogP contribution in [0.15, 0.2) is 70.4 Å². The maximum Gasteiger partial charge on any atom is 0.333 e. The molecule has 0 aliphatic heterocycles. The molecule has 0 atom stereocenters. The van der Waals surface area contributed by atoms with Gasteiger partial charge in [0, 0.05) is 19.8 Å². The minimum absolute atomic E-state index is 0.228. The lowest BCUT2D eigenvalue weighted by atomic mass is 10.1. The van der Waals surface area contributed by atoms with E-state index in [1.807, 2.05) is 24.3 Å². The molecule has 0 saturated heterocycles. The zero-order valence-electron chi connectivity index (χ0n) is 17.2. The lowest BCUT2D eigenvalue weighted by Crippen LogP contribution is -2.34. The molecular weight excluding hydrogens is 396 g/mol. The van der Waals surface area contributed by atoms with Gasteiger partial charge in [0.2, 0.25) is 0 Å². The van der Waals surface area contributed by atoms with Crippen LogP contribution >= 0.6 is 0 Å². The molecule has 0 unspecified atom stereocenters. The van der Waals surface area contributed by atoms with E-state index in [-0.39, 0.29) is 22.5 Å². The van der Waals surface area contributed by atoms with Crippen LogP contribution in [0, 0.1) is 0 Å². The molecule has 2 heterocycles. The molecule has 0 radical (unpaired) electrons. The van der Waals surface area contributed by atoms with Crippen molar-refractivity contribution in [2.75, 3.05) is 13.7 Å². The Balaban J connectivity index is 1.60. The summed E-state index contributed by atoms with van der Waals surface area (Å²) >= 11 is 0. The van der Waals surface area contributed by atoms with Gasteiger partial charge in [-0.05, 0) is 36.2 Å². The van der Waals surface area contributed by atoms with E-state index in [0.29, 0.717) is 18.7 Å². The number of hydrogen-bond acceptors (Lipinski definition) is 4. The normalized spacial score (nSPS) is 10.9. The lowest BCUT2D eigenvalue weighted by Gasteiger charge is -2.07. The van der Waals surface area contributed by atoms with E-state index in [1.165, 1.54) is 0 Å². The Morgan fingerprint density at radius 1 is 1.06 bits per heavy atom. The van der Waals surface area contributed by atoms with Gasteiger partial charge in [-0.1, -0.05) is 30.3 Å². The van der Waals surface area contributed by atoms with Crippen LogP contribution in [0.5, 0.6) is 5.75 Å². The second kappa shape index (κ2) is 8.35. The average Bonchev–Trinajstić information content (AvgIpc) is 3.11. The van der Waals surface area contributed by atoms with Gasteiger partial charge in [0.25, 0.3) is 11.5 Å². The fraction of sp³-hybridized carbons (Fsp3) is 0.174. The molecule has 1 amide bonds. The van der Waals surface area contributed by atoms with Crippen molar-refractivity contribution in [2.45, 2.75) is 6.42 Å². The standard InChI is InChI=1S/C23H22N4O4/c1-26-14-18(21(28)24-13-12-15-8-10-17(31-2)11-9-15)19-20(26)22(29)27(23(30)25-19)16-6-4-3-5-7-16/h3-11,14H,12-13H2,1-2H3,(H,24,28)(H,25,30). The van der Waals surface area contributed by atoms with Gasteiger partial charge in [0.1, 0.15) is 11.3 Å². The van der Waals surface area contributed by atoms with Crippen molar-refractivity contribution < 1.29 is 9.53 Å². The molecule has 0 aliphatic rings. The van der Waals surface area contributed by atoms with Crippen LogP contribution in [-0.2, 0) is 13.5 Å². The van der Waals surface area contributed by atoms with Gasteiger partial charge >= 0.3 is 5.69 Å². The predicted molar refractivity (Wildman–Crippen MR) is 118 cm³/mol. The van der Waals surface area contributed by atoms with E-state index in [1.54, 1.807) is 55.3 Å². The fourth-order valence-electron chi connectivity index (χ4n) is 3.56. The summed E-state index contributed by atoms with van der Waals surface area (Å²) in [5.41, 5.74) is 1.17. The second-order valence-electron chi connectivity index (χ2n) is 7.14. The summed E-state index contributed by atoms with van der Waals surface area (Å²) in [6, 6.07) is 16.3. The van der Waals surface area contributed by atoms with Crippen LogP contribution in [0.4, 0.5) is 0 Å². The summed E-state index contributed by atoms with van der Waals surface area (Å²) in [6.45, 7) is 0.410.